The third-order valence-electron chi connectivity index (χ3n) is 5.42. The molecule has 0 bridgehead atoms. The molecule has 1 aliphatic heterocycles. The number of amides is 2. The zero-order valence-corrected chi connectivity index (χ0v) is 16.4. The molecule has 1 saturated heterocycles. The van der Waals surface area contributed by atoms with Gasteiger partial charge in [0.2, 0.25) is 0 Å². The molecule has 29 heavy (non-hydrogen) atoms. The monoisotopic (exact) mass is 392 g/mol. The van der Waals surface area contributed by atoms with Crippen LogP contribution >= 0.6 is 0 Å². The first-order chi connectivity index (χ1) is 14.1. The molecular weight excluding hydrogens is 368 g/mol. The number of ether oxygens (including phenoxy) is 1. The predicted molar refractivity (Wildman–Crippen MR) is 110 cm³/mol. The maximum Gasteiger partial charge on any atom is 0.289 e. The van der Waals surface area contributed by atoms with Crippen molar-refractivity contribution in [2.45, 2.75) is 12.8 Å². The average Bonchev–Trinajstić information content (AvgIpc) is 3.21. The Morgan fingerprint density at radius 3 is 2.66 bits per heavy atom. The van der Waals surface area contributed by atoms with Crippen molar-refractivity contribution >= 4 is 22.8 Å². The number of carbonyl (C=O) groups is 2. The second-order valence-electron chi connectivity index (χ2n) is 7.33. The molecule has 1 N–H and O–H groups in total. The van der Waals surface area contributed by atoms with E-state index in [2.05, 4.69) is 5.32 Å². The van der Waals surface area contributed by atoms with Crippen LogP contribution in [0.5, 0.6) is 5.75 Å². The summed E-state index contributed by atoms with van der Waals surface area (Å²) in [6.07, 6.45) is 1.70. The van der Waals surface area contributed by atoms with Gasteiger partial charge in [-0.15, -0.1) is 0 Å². The normalized spacial score (nSPS) is 14.7. The minimum absolute atomic E-state index is 0.0694. The molecule has 0 spiro atoms. The lowest BCUT2D eigenvalue weighted by Gasteiger charge is -2.31. The fraction of sp³-hybridized carbons (Fsp3) is 0.304. The second-order valence-corrected chi connectivity index (χ2v) is 7.33. The van der Waals surface area contributed by atoms with E-state index < -0.39 is 0 Å². The van der Waals surface area contributed by atoms with Gasteiger partial charge in [-0.2, -0.15) is 0 Å². The number of hydrogen-bond donors (Lipinski definition) is 1. The van der Waals surface area contributed by atoms with Crippen LogP contribution in [0.4, 0.5) is 0 Å². The van der Waals surface area contributed by atoms with E-state index >= 15 is 0 Å². The van der Waals surface area contributed by atoms with Gasteiger partial charge in [0.1, 0.15) is 11.3 Å². The zero-order valence-electron chi connectivity index (χ0n) is 16.4. The van der Waals surface area contributed by atoms with E-state index in [0.717, 1.165) is 23.8 Å². The number of piperidine rings is 1. The molecule has 3 aromatic rings. The van der Waals surface area contributed by atoms with E-state index in [0.29, 0.717) is 42.6 Å². The Labute approximate surface area is 169 Å². The number of carbonyl (C=O) groups excluding carboxylic acids is 2. The number of methoxy groups -OCH3 is 1. The van der Waals surface area contributed by atoms with Crippen molar-refractivity contribution in [3.63, 3.8) is 0 Å². The maximum atomic E-state index is 12.7. The highest BCUT2D eigenvalue weighted by Crippen LogP contribution is 2.23. The Morgan fingerprint density at radius 2 is 1.90 bits per heavy atom. The van der Waals surface area contributed by atoms with Gasteiger partial charge in [-0.05, 0) is 49.1 Å². The number of para-hydroxylation sites is 1. The summed E-state index contributed by atoms with van der Waals surface area (Å²) in [7, 11) is 1.58. The molecule has 2 aromatic carbocycles. The van der Waals surface area contributed by atoms with E-state index in [1.165, 1.54) is 0 Å². The molecule has 1 aromatic heterocycles. The lowest BCUT2D eigenvalue weighted by molar-refractivity contribution is 0.0655. The first-order valence-corrected chi connectivity index (χ1v) is 9.84. The Kier molecular flexibility index (Phi) is 5.51. The minimum atomic E-state index is -0.107. The number of fused-ring (bicyclic) bond motifs is 1. The molecule has 1 fully saturated rings. The lowest BCUT2D eigenvalue weighted by Crippen LogP contribution is -2.41. The number of nitrogens with one attached hydrogen (secondary N) is 1. The highest BCUT2D eigenvalue weighted by atomic mass is 16.5. The van der Waals surface area contributed by atoms with Crippen LogP contribution < -0.4 is 10.1 Å². The zero-order chi connectivity index (χ0) is 20.2. The van der Waals surface area contributed by atoms with Crippen LogP contribution in [0, 0.1) is 5.92 Å². The molecule has 2 amide bonds. The van der Waals surface area contributed by atoms with Crippen molar-refractivity contribution in [3.05, 3.63) is 65.9 Å². The van der Waals surface area contributed by atoms with Crippen LogP contribution in [0.2, 0.25) is 0 Å². The summed E-state index contributed by atoms with van der Waals surface area (Å²) in [4.78, 5) is 26.9. The smallest absolute Gasteiger partial charge is 0.289 e. The van der Waals surface area contributed by atoms with Crippen LogP contribution in [0.15, 0.2) is 59.0 Å². The van der Waals surface area contributed by atoms with Gasteiger partial charge in [-0.3, -0.25) is 9.59 Å². The number of furan rings is 1. The molecule has 4 rings (SSSR count). The number of nitrogens with zero attached hydrogens (tertiary/aromatic N) is 1. The van der Waals surface area contributed by atoms with Crippen molar-refractivity contribution in [1.82, 2.24) is 10.2 Å². The molecule has 1 aliphatic rings. The molecule has 0 saturated carbocycles. The summed E-state index contributed by atoms with van der Waals surface area (Å²) >= 11 is 0. The van der Waals surface area contributed by atoms with E-state index in [9.17, 15) is 9.59 Å². The first-order valence-electron chi connectivity index (χ1n) is 9.84. The number of rotatable bonds is 5. The summed E-state index contributed by atoms with van der Waals surface area (Å²) in [6.45, 7) is 1.92. The molecule has 0 atom stereocenters. The van der Waals surface area contributed by atoms with Crippen LogP contribution in [-0.2, 0) is 0 Å². The number of hydrogen-bond acceptors (Lipinski definition) is 4. The standard InChI is InChI=1S/C23H24N2O4/c1-28-19-7-4-6-18(13-19)22(26)24-15-16-9-11-25(12-10-16)23(27)21-14-17-5-2-3-8-20(17)29-21/h2-8,13-14,16H,9-12,15H2,1H3,(H,24,26). The van der Waals surface area contributed by atoms with Gasteiger partial charge in [0.05, 0.1) is 7.11 Å². The highest BCUT2D eigenvalue weighted by Gasteiger charge is 2.26. The predicted octanol–water partition coefficient (Wildman–Crippen LogP) is 3.72. The highest BCUT2D eigenvalue weighted by molar-refractivity contribution is 5.96. The summed E-state index contributed by atoms with van der Waals surface area (Å²) in [5.74, 6) is 1.22. The van der Waals surface area contributed by atoms with Crippen molar-refractivity contribution in [3.8, 4) is 5.75 Å². The average molecular weight is 392 g/mol. The SMILES string of the molecule is COc1cccc(C(=O)NCC2CCN(C(=O)c3cc4ccccc4o3)CC2)c1. The Hall–Kier alpha value is -3.28. The van der Waals surface area contributed by atoms with Crippen LogP contribution in [0.25, 0.3) is 11.0 Å². The Bertz CT molecular complexity index is 985. The molecular formula is C23H24N2O4. The molecule has 6 heteroatoms. The van der Waals surface area contributed by atoms with E-state index in [4.69, 9.17) is 9.15 Å². The van der Waals surface area contributed by atoms with E-state index in [1.54, 1.807) is 31.4 Å². The fourth-order valence-corrected chi connectivity index (χ4v) is 3.69. The van der Waals surface area contributed by atoms with Crippen molar-refractivity contribution in [2.24, 2.45) is 5.92 Å². The molecule has 0 aliphatic carbocycles. The summed E-state index contributed by atoms with van der Waals surface area (Å²) in [5.41, 5.74) is 1.31. The van der Waals surface area contributed by atoms with Crippen molar-refractivity contribution in [1.29, 1.82) is 0 Å². The molecule has 2 heterocycles. The van der Waals surface area contributed by atoms with Crippen LogP contribution in [0.3, 0.4) is 0 Å². The van der Waals surface area contributed by atoms with Crippen LogP contribution in [0.1, 0.15) is 33.8 Å². The van der Waals surface area contributed by atoms with Crippen LogP contribution in [-0.4, -0.2) is 43.5 Å². The fourth-order valence-electron chi connectivity index (χ4n) is 3.69. The third kappa shape index (κ3) is 4.26. The van der Waals surface area contributed by atoms with Crippen molar-refractivity contribution in [2.75, 3.05) is 26.7 Å². The van der Waals surface area contributed by atoms with Gasteiger partial charge >= 0.3 is 0 Å². The quantitative estimate of drug-likeness (QED) is 0.718. The molecule has 150 valence electrons. The van der Waals surface area contributed by atoms with Gasteiger partial charge in [0, 0.05) is 30.6 Å². The minimum Gasteiger partial charge on any atom is -0.497 e. The summed E-state index contributed by atoms with van der Waals surface area (Å²) in [6, 6.07) is 16.5. The Balaban J connectivity index is 1.29. The summed E-state index contributed by atoms with van der Waals surface area (Å²) < 4.78 is 10.9. The lowest BCUT2D eigenvalue weighted by atomic mass is 9.96. The third-order valence-corrected chi connectivity index (χ3v) is 5.42. The largest absolute Gasteiger partial charge is 0.497 e. The van der Waals surface area contributed by atoms with Gasteiger partial charge in [0.25, 0.3) is 11.8 Å². The van der Waals surface area contributed by atoms with E-state index in [-0.39, 0.29) is 11.8 Å². The first kappa shape index (κ1) is 19.1. The maximum absolute atomic E-state index is 12.7. The molecule has 6 nitrogen and oxygen atoms in total. The van der Waals surface area contributed by atoms with Gasteiger partial charge < -0.3 is 19.4 Å². The number of likely N-dealkylation sites (tertiary alicyclic amines) is 1. The molecule has 0 radical (unpaired) electrons. The Morgan fingerprint density at radius 1 is 1.10 bits per heavy atom. The number of benzene rings is 2. The van der Waals surface area contributed by atoms with Gasteiger partial charge in [-0.25, -0.2) is 0 Å². The molecule has 0 unspecified atom stereocenters. The van der Waals surface area contributed by atoms with Gasteiger partial charge in [-0.1, -0.05) is 24.3 Å². The van der Waals surface area contributed by atoms with Crippen molar-refractivity contribution < 1.29 is 18.7 Å². The van der Waals surface area contributed by atoms with E-state index in [1.807, 2.05) is 35.2 Å². The van der Waals surface area contributed by atoms with Gasteiger partial charge in [0.15, 0.2) is 5.76 Å². The topological polar surface area (TPSA) is 71.8 Å². The summed E-state index contributed by atoms with van der Waals surface area (Å²) in [5, 5.41) is 3.93. The second kappa shape index (κ2) is 8.39.